The molecule has 1 unspecified atom stereocenters. The van der Waals surface area contributed by atoms with Gasteiger partial charge in [0.2, 0.25) is 0 Å². The molecule has 3 N–H and O–H groups in total. The Balaban J connectivity index is 2.13. The van der Waals surface area contributed by atoms with Gasteiger partial charge in [0.1, 0.15) is 12.2 Å². The summed E-state index contributed by atoms with van der Waals surface area (Å²) in [4.78, 5) is 4.24. The number of nitrogens with two attached hydrogens (primary N) is 1. The van der Waals surface area contributed by atoms with Crippen LogP contribution in [0.1, 0.15) is 24.4 Å². The SMILES string of the molecule is CCn1ncnc1CC(NN)c1ccsc1. The van der Waals surface area contributed by atoms with Crippen LogP contribution in [0.2, 0.25) is 0 Å². The zero-order chi connectivity index (χ0) is 11.4. The van der Waals surface area contributed by atoms with Crippen molar-refractivity contribution in [3.8, 4) is 0 Å². The summed E-state index contributed by atoms with van der Waals surface area (Å²) in [5.41, 5.74) is 4.01. The summed E-state index contributed by atoms with van der Waals surface area (Å²) in [6.07, 6.45) is 2.33. The molecule has 0 aliphatic heterocycles. The summed E-state index contributed by atoms with van der Waals surface area (Å²) in [7, 11) is 0. The molecule has 0 amide bonds. The molecule has 2 aromatic heterocycles. The molecule has 5 nitrogen and oxygen atoms in total. The largest absolute Gasteiger partial charge is 0.271 e. The molecule has 0 spiro atoms. The van der Waals surface area contributed by atoms with Crippen molar-refractivity contribution in [3.63, 3.8) is 0 Å². The quantitative estimate of drug-likeness (QED) is 0.603. The minimum absolute atomic E-state index is 0.0979. The molecule has 0 bridgehead atoms. The summed E-state index contributed by atoms with van der Waals surface area (Å²) < 4.78 is 1.89. The smallest absolute Gasteiger partial charge is 0.138 e. The van der Waals surface area contributed by atoms with Crippen LogP contribution in [0.25, 0.3) is 0 Å². The zero-order valence-electron chi connectivity index (χ0n) is 9.13. The van der Waals surface area contributed by atoms with Crippen molar-refractivity contribution < 1.29 is 0 Å². The number of rotatable bonds is 5. The van der Waals surface area contributed by atoms with Gasteiger partial charge in [0.25, 0.3) is 0 Å². The van der Waals surface area contributed by atoms with Crippen LogP contribution < -0.4 is 11.3 Å². The molecule has 2 rings (SSSR count). The predicted molar refractivity (Wildman–Crippen MR) is 63.8 cm³/mol. The molecule has 0 saturated heterocycles. The summed E-state index contributed by atoms with van der Waals surface area (Å²) >= 11 is 1.67. The maximum Gasteiger partial charge on any atom is 0.138 e. The topological polar surface area (TPSA) is 68.8 Å². The number of aryl methyl sites for hydroxylation is 1. The van der Waals surface area contributed by atoms with Gasteiger partial charge in [-0.05, 0) is 29.3 Å². The van der Waals surface area contributed by atoms with E-state index >= 15 is 0 Å². The van der Waals surface area contributed by atoms with E-state index < -0.39 is 0 Å². The second-order valence-corrected chi connectivity index (χ2v) is 4.25. The number of hydrazine groups is 1. The number of thiophene rings is 1. The van der Waals surface area contributed by atoms with E-state index in [-0.39, 0.29) is 6.04 Å². The molecule has 0 fully saturated rings. The van der Waals surface area contributed by atoms with Gasteiger partial charge >= 0.3 is 0 Å². The van der Waals surface area contributed by atoms with Crippen molar-refractivity contribution in [3.05, 3.63) is 34.5 Å². The molecule has 86 valence electrons. The molecule has 0 saturated carbocycles. The van der Waals surface area contributed by atoms with Crippen LogP contribution >= 0.6 is 11.3 Å². The van der Waals surface area contributed by atoms with E-state index in [9.17, 15) is 0 Å². The van der Waals surface area contributed by atoms with Crippen molar-refractivity contribution in [2.75, 3.05) is 0 Å². The molecule has 2 aromatic rings. The average Bonchev–Trinajstić information content (AvgIpc) is 2.96. The average molecular weight is 237 g/mol. The maximum absolute atomic E-state index is 5.57. The van der Waals surface area contributed by atoms with Gasteiger partial charge in [0, 0.05) is 13.0 Å². The van der Waals surface area contributed by atoms with E-state index in [1.807, 2.05) is 17.0 Å². The Morgan fingerprint density at radius 3 is 3.12 bits per heavy atom. The van der Waals surface area contributed by atoms with Gasteiger partial charge in [-0.1, -0.05) is 0 Å². The Morgan fingerprint density at radius 1 is 1.62 bits per heavy atom. The molecular weight excluding hydrogens is 222 g/mol. The standard InChI is InChI=1S/C10H15N5S/c1-2-15-10(12-7-13-15)5-9(14-11)8-3-4-16-6-8/h3-4,6-7,9,14H,2,5,11H2,1H3. The number of hydrogen-bond donors (Lipinski definition) is 2. The lowest BCUT2D eigenvalue weighted by Crippen LogP contribution is -2.30. The van der Waals surface area contributed by atoms with Crippen LogP contribution in [0.3, 0.4) is 0 Å². The molecule has 2 heterocycles. The van der Waals surface area contributed by atoms with Crippen LogP contribution in [-0.4, -0.2) is 14.8 Å². The lowest BCUT2D eigenvalue weighted by Gasteiger charge is -2.14. The van der Waals surface area contributed by atoms with Crippen molar-refractivity contribution in [1.29, 1.82) is 0 Å². The van der Waals surface area contributed by atoms with Crippen LogP contribution in [0, 0.1) is 0 Å². The summed E-state index contributed by atoms with van der Waals surface area (Å²) in [6, 6.07) is 2.17. The Morgan fingerprint density at radius 2 is 2.50 bits per heavy atom. The molecule has 0 aliphatic rings. The molecule has 16 heavy (non-hydrogen) atoms. The third-order valence-electron chi connectivity index (χ3n) is 2.53. The second kappa shape index (κ2) is 5.20. The van der Waals surface area contributed by atoms with Crippen LogP contribution in [0.4, 0.5) is 0 Å². The van der Waals surface area contributed by atoms with Crippen LogP contribution in [0.5, 0.6) is 0 Å². The highest BCUT2D eigenvalue weighted by atomic mass is 32.1. The monoisotopic (exact) mass is 237 g/mol. The lowest BCUT2D eigenvalue weighted by molar-refractivity contribution is 0.511. The third kappa shape index (κ3) is 2.29. The molecular formula is C10H15N5S. The highest BCUT2D eigenvalue weighted by Gasteiger charge is 2.14. The lowest BCUT2D eigenvalue weighted by atomic mass is 10.1. The van der Waals surface area contributed by atoms with E-state index in [0.29, 0.717) is 0 Å². The first-order valence-electron chi connectivity index (χ1n) is 5.20. The van der Waals surface area contributed by atoms with Gasteiger partial charge in [0.05, 0.1) is 6.04 Å². The Labute approximate surface area is 98.3 Å². The summed E-state index contributed by atoms with van der Waals surface area (Å²) in [6.45, 7) is 2.88. The second-order valence-electron chi connectivity index (χ2n) is 3.47. The van der Waals surface area contributed by atoms with E-state index in [1.165, 1.54) is 5.56 Å². The Kier molecular flexibility index (Phi) is 3.66. The molecule has 0 aliphatic carbocycles. The molecule has 0 radical (unpaired) electrons. The van der Waals surface area contributed by atoms with Crippen LogP contribution in [0.15, 0.2) is 23.2 Å². The van der Waals surface area contributed by atoms with Crippen molar-refractivity contribution in [2.24, 2.45) is 5.84 Å². The predicted octanol–water partition coefficient (Wildman–Crippen LogP) is 1.11. The van der Waals surface area contributed by atoms with Gasteiger partial charge in [-0.2, -0.15) is 16.4 Å². The highest BCUT2D eigenvalue weighted by Crippen LogP contribution is 2.19. The van der Waals surface area contributed by atoms with E-state index in [1.54, 1.807) is 17.7 Å². The summed E-state index contributed by atoms with van der Waals surface area (Å²) in [5.74, 6) is 6.52. The van der Waals surface area contributed by atoms with E-state index in [0.717, 1.165) is 18.8 Å². The first-order chi connectivity index (χ1) is 7.85. The first kappa shape index (κ1) is 11.3. The van der Waals surface area contributed by atoms with Gasteiger partial charge < -0.3 is 0 Å². The van der Waals surface area contributed by atoms with E-state index in [4.69, 9.17) is 5.84 Å². The molecule has 6 heteroatoms. The van der Waals surface area contributed by atoms with Gasteiger partial charge in [-0.25, -0.2) is 4.98 Å². The molecule has 0 aromatic carbocycles. The fourth-order valence-corrected chi connectivity index (χ4v) is 2.35. The Hall–Kier alpha value is -1.24. The van der Waals surface area contributed by atoms with Crippen LogP contribution in [-0.2, 0) is 13.0 Å². The van der Waals surface area contributed by atoms with Gasteiger partial charge in [0.15, 0.2) is 0 Å². The number of hydrogen-bond acceptors (Lipinski definition) is 5. The fraction of sp³-hybridized carbons (Fsp3) is 0.400. The van der Waals surface area contributed by atoms with Crippen molar-refractivity contribution in [2.45, 2.75) is 25.9 Å². The maximum atomic E-state index is 5.57. The zero-order valence-corrected chi connectivity index (χ0v) is 9.94. The Bertz CT molecular complexity index is 422. The van der Waals surface area contributed by atoms with Crippen molar-refractivity contribution in [1.82, 2.24) is 20.2 Å². The molecule has 1 atom stereocenters. The third-order valence-corrected chi connectivity index (χ3v) is 3.23. The first-order valence-corrected chi connectivity index (χ1v) is 6.14. The normalized spacial score (nSPS) is 12.9. The highest BCUT2D eigenvalue weighted by molar-refractivity contribution is 7.07. The fourth-order valence-electron chi connectivity index (χ4n) is 1.64. The number of nitrogens with one attached hydrogen (secondary N) is 1. The van der Waals surface area contributed by atoms with E-state index in [2.05, 4.69) is 27.0 Å². The van der Waals surface area contributed by atoms with Gasteiger partial charge in [-0.3, -0.25) is 16.0 Å². The number of aromatic nitrogens is 3. The minimum Gasteiger partial charge on any atom is -0.271 e. The minimum atomic E-state index is 0.0979. The number of nitrogens with zero attached hydrogens (tertiary/aromatic N) is 3. The van der Waals surface area contributed by atoms with Gasteiger partial charge in [-0.15, -0.1) is 0 Å². The van der Waals surface area contributed by atoms with Crippen molar-refractivity contribution >= 4 is 11.3 Å². The summed E-state index contributed by atoms with van der Waals surface area (Å²) in [5, 5.41) is 8.28.